The molecular formula is C27H17Br2N3O4. The van der Waals surface area contributed by atoms with Crippen LogP contribution in [0.1, 0.15) is 11.1 Å². The third-order valence-corrected chi connectivity index (χ3v) is 6.44. The molecule has 0 fully saturated rings. The van der Waals surface area contributed by atoms with E-state index in [1.165, 1.54) is 30.3 Å². The Morgan fingerprint density at radius 3 is 2.44 bits per heavy atom. The molecule has 0 aliphatic carbocycles. The molecule has 0 radical (unpaired) electrons. The molecule has 178 valence electrons. The summed E-state index contributed by atoms with van der Waals surface area (Å²) < 4.78 is 7.37. The predicted octanol–water partition coefficient (Wildman–Crippen LogP) is 7.40. The summed E-state index contributed by atoms with van der Waals surface area (Å²) in [6.07, 6.45) is 1.43. The van der Waals surface area contributed by atoms with Crippen LogP contribution in [-0.4, -0.2) is 10.8 Å². The Balaban J connectivity index is 1.53. The molecule has 36 heavy (non-hydrogen) atoms. The molecule has 4 aromatic rings. The second-order valence-electron chi connectivity index (χ2n) is 7.67. The second kappa shape index (κ2) is 11.2. The smallest absolute Gasteiger partial charge is 0.271 e. The number of non-ortho nitro benzene ring substituents is 1. The normalized spacial score (nSPS) is 11.1. The van der Waals surface area contributed by atoms with Gasteiger partial charge in [-0.15, -0.1) is 0 Å². The zero-order chi connectivity index (χ0) is 25.7. The van der Waals surface area contributed by atoms with Crippen LogP contribution >= 0.6 is 31.9 Å². The molecular weight excluding hydrogens is 590 g/mol. The first kappa shape index (κ1) is 25.1. The van der Waals surface area contributed by atoms with E-state index < -0.39 is 10.8 Å². The van der Waals surface area contributed by atoms with Crippen molar-refractivity contribution in [3.63, 3.8) is 0 Å². The number of nitriles is 1. The maximum atomic E-state index is 12.6. The van der Waals surface area contributed by atoms with Crippen LogP contribution in [-0.2, 0) is 11.4 Å². The fraction of sp³-hybridized carbons (Fsp3) is 0.0370. The van der Waals surface area contributed by atoms with Crippen LogP contribution in [0.25, 0.3) is 16.8 Å². The van der Waals surface area contributed by atoms with Gasteiger partial charge in [-0.2, -0.15) is 5.26 Å². The van der Waals surface area contributed by atoms with Crippen molar-refractivity contribution < 1.29 is 14.5 Å². The van der Waals surface area contributed by atoms with Crippen molar-refractivity contribution in [3.05, 3.63) is 115 Å². The van der Waals surface area contributed by atoms with E-state index in [1.807, 2.05) is 48.5 Å². The summed E-state index contributed by atoms with van der Waals surface area (Å²) in [7, 11) is 0. The molecule has 9 heteroatoms. The molecule has 0 bridgehead atoms. The predicted molar refractivity (Wildman–Crippen MR) is 145 cm³/mol. The molecule has 1 amide bonds. The van der Waals surface area contributed by atoms with Gasteiger partial charge in [0.05, 0.1) is 13.9 Å². The Bertz CT molecular complexity index is 1530. The van der Waals surface area contributed by atoms with E-state index in [0.29, 0.717) is 26.9 Å². The van der Waals surface area contributed by atoms with Crippen LogP contribution in [0.2, 0.25) is 0 Å². The number of halogens is 2. The van der Waals surface area contributed by atoms with Gasteiger partial charge in [0.1, 0.15) is 24.0 Å². The molecule has 0 aliphatic heterocycles. The monoisotopic (exact) mass is 605 g/mol. The zero-order valence-electron chi connectivity index (χ0n) is 18.6. The van der Waals surface area contributed by atoms with Crippen LogP contribution in [0, 0.1) is 21.4 Å². The van der Waals surface area contributed by atoms with E-state index in [9.17, 15) is 20.2 Å². The molecule has 4 rings (SSSR count). The summed E-state index contributed by atoms with van der Waals surface area (Å²) in [5.41, 5.74) is 1.51. The number of rotatable bonds is 7. The molecule has 0 atom stereocenters. The lowest BCUT2D eigenvalue weighted by Gasteiger charge is -2.13. The Hall–Kier alpha value is -4.00. The molecule has 0 aliphatic rings. The van der Waals surface area contributed by atoms with Gasteiger partial charge in [-0.3, -0.25) is 14.9 Å². The maximum absolute atomic E-state index is 12.6. The highest BCUT2D eigenvalue weighted by atomic mass is 79.9. The number of hydrogen-bond acceptors (Lipinski definition) is 5. The summed E-state index contributed by atoms with van der Waals surface area (Å²) in [5.74, 6) is -0.0961. The highest BCUT2D eigenvalue weighted by Gasteiger charge is 2.14. The van der Waals surface area contributed by atoms with Crippen molar-refractivity contribution in [2.24, 2.45) is 0 Å². The third-order valence-electron chi connectivity index (χ3n) is 5.26. The number of hydrogen-bond donors (Lipinski definition) is 1. The van der Waals surface area contributed by atoms with Crippen LogP contribution in [0.4, 0.5) is 11.4 Å². The Morgan fingerprint density at radius 2 is 1.72 bits per heavy atom. The highest BCUT2D eigenvalue weighted by Crippen LogP contribution is 2.36. The summed E-state index contributed by atoms with van der Waals surface area (Å²) in [4.78, 5) is 23.0. The number of fused-ring (bicyclic) bond motifs is 1. The van der Waals surface area contributed by atoms with Gasteiger partial charge in [0.25, 0.3) is 11.6 Å². The van der Waals surface area contributed by atoms with Gasteiger partial charge >= 0.3 is 0 Å². The molecule has 0 unspecified atom stereocenters. The number of ether oxygens (including phenoxy) is 1. The van der Waals surface area contributed by atoms with Crippen molar-refractivity contribution in [2.45, 2.75) is 6.61 Å². The van der Waals surface area contributed by atoms with Crippen molar-refractivity contribution in [2.75, 3.05) is 5.32 Å². The number of nitrogens with one attached hydrogen (secondary N) is 1. The minimum absolute atomic E-state index is 0.162. The van der Waals surface area contributed by atoms with Crippen molar-refractivity contribution in [1.29, 1.82) is 5.26 Å². The van der Waals surface area contributed by atoms with Gasteiger partial charge in [-0.25, -0.2) is 0 Å². The lowest BCUT2D eigenvalue weighted by molar-refractivity contribution is -0.384. The number of nitrogens with zero attached hydrogens (tertiary/aromatic N) is 2. The molecule has 0 saturated heterocycles. The largest absolute Gasteiger partial charge is 0.487 e. The number of nitro groups is 1. The quantitative estimate of drug-likeness (QED) is 0.102. The van der Waals surface area contributed by atoms with Crippen molar-refractivity contribution >= 4 is 66.0 Å². The fourth-order valence-electron chi connectivity index (χ4n) is 3.58. The SMILES string of the molecule is N#C/C(=C\c1cc(Br)c(OCc2cccc3ccccc23)c(Br)c1)C(=O)Nc1cccc([N+](=O)[O-])c1. The number of carbonyl (C=O) groups is 1. The molecule has 0 heterocycles. The molecule has 0 aromatic heterocycles. The number of benzene rings is 4. The number of nitro benzene ring substituents is 1. The average molecular weight is 607 g/mol. The molecule has 0 saturated carbocycles. The van der Waals surface area contributed by atoms with E-state index in [-0.39, 0.29) is 16.9 Å². The molecule has 0 spiro atoms. The van der Waals surface area contributed by atoms with E-state index in [4.69, 9.17) is 4.74 Å². The van der Waals surface area contributed by atoms with Gasteiger partial charge in [-0.1, -0.05) is 48.5 Å². The minimum Gasteiger partial charge on any atom is -0.487 e. The third kappa shape index (κ3) is 5.79. The molecule has 1 N–H and O–H groups in total. The number of amides is 1. The van der Waals surface area contributed by atoms with E-state index in [1.54, 1.807) is 12.1 Å². The van der Waals surface area contributed by atoms with Gasteiger partial charge in [-0.05, 0) is 78.0 Å². The number of carbonyl (C=O) groups excluding carboxylic acids is 1. The van der Waals surface area contributed by atoms with E-state index in [0.717, 1.165) is 16.3 Å². The Morgan fingerprint density at radius 1 is 1.03 bits per heavy atom. The van der Waals surface area contributed by atoms with Gasteiger partial charge < -0.3 is 10.1 Å². The summed E-state index contributed by atoms with van der Waals surface area (Å²) in [6, 6.07) is 25.0. The Labute approximate surface area is 223 Å². The van der Waals surface area contributed by atoms with Gasteiger partial charge in [0.15, 0.2) is 0 Å². The highest BCUT2D eigenvalue weighted by molar-refractivity contribution is 9.11. The summed E-state index contributed by atoms with van der Waals surface area (Å²) in [6.45, 7) is 0.350. The Kier molecular flexibility index (Phi) is 7.78. The first-order chi connectivity index (χ1) is 17.4. The topological polar surface area (TPSA) is 105 Å². The second-order valence-corrected chi connectivity index (χ2v) is 9.38. The lowest BCUT2D eigenvalue weighted by atomic mass is 10.1. The lowest BCUT2D eigenvalue weighted by Crippen LogP contribution is -2.13. The van der Waals surface area contributed by atoms with Crippen LogP contribution < -0.4 is 10.1 Å². The maximum Gasteiger partial charge on any atom is 0.271 e. The van der Waals surface area contributed by atoms with Crippen LogP contribution in [0.5, 0.6) is 5.75 Å². The molecule has 7 nitrogen and oxygen atoms in total. The van der Waals surface area contributed by atoms with E-state index >= 15 is 0 Å². The van der Waals surface area contributed by atoms with Gasteiger partial charge in [0.2, 0.25) is 0 Å². The summed E-state index contributed by atoms with van der Waals surface area (Å²) >= 11 is 7.03. The first-order valence-electron chi connectivity index (χ1n) is 10.6. The first-order valence-corrected chi connectivity index (χ1v) is 12.2. The van der Waals surface area contributed by atoms with Gasteiger partial charge in [0, 0.05) is 17.8 Å². The van der Waals surface area contributed by atoms with Crippen molar-refractivity contribution in [1.82, 2.24) is 0 Å². The molecule has 4 aromatic carbocycles. The zero-order valence-corrected chi connectivity index (χ0v) is 21.7. The fourth-order valence-corrected chi connectivity index (χ4v) is 5.03. The van der Waals surface area contributed by atoms with Crippen LogP contribution in [0.15, 0.2) is 93.4 Å². The van der Waals surface area contributed by atoms with Crippen LogP contribution in [0.3, 0.4) is 0 Å². The standard InChI is InChI=1S/C27H17Br2N3O4/c28-24-12-17(11-20(15-30)27(33)31-21-8-4-9-22(14-21)32(34)35)13-25(29)26(24)36-16-19-7-3-6-18-5-1-2-10-23(18)19/h1-14H,16H2,(H,31,33)/b20-11+. The minimum atomic E-state index is -0.679. The van der Waals surface area contributed by atoms with Crippen molar-refractivity contribution in [3.8, 4) is 11.8 Å². The summed E-state index contributed by atoms with van der Waals surface area (Å²) in [5, 5.41) is 25.3. The number of anilines is 1. The van der Waals surface area contributed by atoms with E-state index in [2.05, 4.69) is 37.2 Å². The average Bonchev–Trinajstić information content (AvgIpc) is 2.87.